The second-order valence-electron chi connectivity index (χ2n) is 3.86. The Balaban J connectivity index is 2.14. The van der Waals surface area contributed by atoms with Gasteiger partial charge in [-0.3, -0.25) is 4.79 Å². The summed E-state index contributed by atoms with van der Waals surface area (Å²) in [4.78, 5) is 19.2. The zero-order valence-corrected chi connectivity index (χ0v) is 11.4. The van der Waals surface area contributed by atoms with E-state index in [4.69, 9.17) is 0 Å². The van der Waals surface area contributed by atoms with Gasteiger partial charge in [0, 0.05) is 22.4 Å². The van der Waals surface area contributed by atoms with Crippen LogP contribution in [0.25, 0.3) is 11.1 Å². The van der Waals surface area contributed by atoms with Gasteiger partial charge in [0.15, 0.2) is 0 Å². The van der Waals surface area contributed by atoms with Gasteiger partial charge in [0.1, 0.15) is 5.78 Å². The van der Waals surface area contributed by atoms with Crippen molar-refractivity contribution in [1.82, 2.24) is 9.97 Å². The molecule has 0 spiro atoms. The molecular weight excluding hydrogens is 294 g/mol. The summed E-state index contributed by atoms with van der Waals surface area (Å²) < 4.78 is 1.01. The van der Waals surface area contributed by atoms with Crippen molar-refractivity contribution in [2.24, 2.45) is 0 Å². The van der Waals surface area contributed by atoms with Crippen LogP contribution in [0.5, 0.6) is 0 Å². The number of aromatic nitrogens is 2. The number of benzene rings is 1. The first-order valence-electron chi connectivity index (χ1n) is 5.46. The predicted octanol–water partition coefficient (Wildman–Crippen LogP) is 2.91. The van der Waals surface area contributed by atoms with Gasteiger partial charge in [-0.25, -0.2) is 9.97 Å². The molecule has 1 aromatic carbocycles. The molecule has 1 aromatic heterocycles. The summed E-state index contributed by atoms with van der Waals surface area (Å²) in [6.07, 6.45) is 3.47. The third kappa shape index (κ3) is 3.37. The highest BCUT2D eigenvalue weighted by atomic mass is 79.9. The first kappa shape index (κ1) is 12.7. The molecule has 0 fully saturated rings. The summed E-state index contributed by atoms with van der Waals surface area (Å²) in [7, 11) is 0. The van der Waals surface area contributed by atoms with Crippen molar-refractivity contribution in [3.8, 4) is 11.1 Å². The highest BCUT2D eigenvalue weighted by Crippen LogP contribution is 2.21. The smallest absolute Gasteiger partial charge is 0.222 e. The molecule has 18 heavy (non-hydrogen) atoms. The molecule has 1 N–H and O–H groups in total. The minimum absolute atomic E-state index is 0.0506. The van der Waals surface area contributed by atoms with Gasteiger partial charge in [-0.1, -0.05) is 28.1 Å². The van der Waals surface area contributed by atoms with Crippen molar-refractivity contribution in [2.75, 3.05) is 11.9 Å². The van der Waals surface area contributed by atoms with E-state index in [0.717, 1.165) is 15.6 Å². The first-order valence-corrected chi connectivity index (χ1v) is 6.26. The summed E-state index contributed by atoms with van der Waals surface area (Å²) in [5.41, 5.74) is 1.98. The number of ketones is 1. The van der Waals surface area contributed by atoms with Crippen molar-refractivity contribution in [3.63, 3.8) is 0 Å². The minimum atomic E-state index is 0.0506. The number of Topliss-reactive ketones (excluding diaryl/α,β-unsaturated/α-hetero) is 1. The fourth-order valence-electron chi connectivity index (χ4n) is 1.44. The quantitative estimate of drug-likeness (QED) is 0.943. The van der Waals surface area contributed by atoms with Gasteiger partial charge in [-0.05, 0) is 24.6 Å². The molecule has 0 amide bonds. The van der Waals surface area contributed by atoms with E-state index < -0.39 is 0 Å². The summed E-state index contributed by atoms with van der Waals surface area (Å²) >= 11 is 3.42. The summed E-state index contributed by atoms with van der Waals surface area (Å²) in [5.74, 6) is 0.513. The fourth-order valence-corrected chi connectivity index (χ4v) is 1.84. The van der Waals surface area contributed by atoms with E-state index in [9.17, 15) is 4.79 Å². The molecule has 0 unspecified atom stereocenters. The number of carbonyl (C=O) groups is 1. The van der Waals surface area contributed by atoms with Gasteiger partial charge in [0.2, 0.25) is 5.95 Å². The van der Waals surface area contributed by atoms with Crippen LogP contribution in [-0.4, -0.2) is 22.3 Å². The largest absolute Gasteiger partial charge is 0.347 e. The van der Waals surface area contributed by atoms with Crippen LogP contribution < -0.4 is 5.32 Å². The maximum atomic E-state index is 10.8. The molecule has 1 heterocycles. The lowest BCUT2D eigenvalue weighted by molar-refractivity contribution is -0.115. The molecule has 0 saturated carbocycles. The van der Waals surface area contributed by atoms with Crippen molar-refractivity contribution in [1.29, 1.82) is 0 Å². The standard InChI is InChI=1S/C13H12BrN3O/c1-9(18)6-15-13-16-7-11(8-17-13)10-3-2-4-12(14)5-10/h2-5,7-8H,6H2,1H3,(H,15,16,17). The lowest BCUT2D eigenvalue weighted by Gasteiger charge is -2.04. The number of carbonyl (C=O) groups excluding carboxylic acids is 1. The van der Waals surface area contributed by atoms with Crippen LogP contribution in [0.1, 0.15) is 6.92 Å². The van der Waals surface area contributed by atoms with E-state index >= 15 is 0 Å². The maximum absolute atomic E-state index is 10.8. The summed E-state index contributed by atoms with van der Waals surface area (Å²) in [5, 5.41) is 2.85. The van der Waals surface area contributed by atoms with Crippen LogP contribution in [-0.2, 0) is 4.79 Å². The van der Waals surface area contributed by atoms with Crippen LogP contribution in [0.4, 0.5) is 5.95 Å². The van der Waals surface area contributed by atoms with Crippen LogP contribution in [0.2, 0.25) is 0 Å². The molecule has 0 atom stereocenters. The fraction of sp³-hybridized carbons (Fsp3) is 0.154. The number of hydrogen-bond donors (Lipinski definition) is 1. The highest BCUT2D eigenvalue weighted by molar-refractivity contribution is 9.10. The van der Waals surface area contributed by atoms with Crippen molar-refractivity contribution in [3.05, 3.63) is 41.1 Å². The molecular formula is C13H12BrN3O. The number of nitrogens with zero attached hydrogens (tertiary/aromatic N) is 2. The molecule has 0 aliphatic rings. The number of rotatable bonds is 4. The molecule has 0 aliphatic carbocycles. The topological polar surface area (TPSA) is 54.9 Å². The van der Waals surface area contributed by atoms with Crippen molar-refractivity contribution >= 4 is 27.7 Å². The second-order valence-corrected chi connectivity index (χ2v) is 4.78. The van der Waals surface area contributed by atoms with Gasteiger partial charge in [0.05, 0.1) is 6.54 Å². The van der Waals surface area contributed by atoms with Crippen LogP contribution >= 0.6 is 15.9 Å². The highest BCUT2D eigenvalue weighted by Gasteiger charge is 2.01. The van der Waals surface area contributed by atoms with Gasteiger partial charge in [-0.15, -0.1) is 0 Å². The Labute approximate surface area is 114 Å². The summed E-state index contributed by atoms with van der Waals surface area (Å²) in [6, 6.07) is 7.92. The molecule has 0 aliphatic heterocycles. The minimum Gasteiger partial charge on any atom is -0.347 e. The molecule has 2 rings (SSSR count). The van der Waals surface area contributed by atoms with E-state index in [-0.39, 0.29) is 12.3 Å². The molecule has 2 aromatic rings. The van der Waals surface area contributed by atoms with E-state index in [1.165, 1.54) is 6.92 Å². The van der Waals surface area contributed by atoms with Crippen molar-refractivity contribution < 1.29 is 4.79 Å². The maximum Gasteiger partial charge on any atom is 0.222 e. The average Bonchev–Trinajstić information content (AvgIpc) is 2.37. The third-order valence-electron chi connectivity index (χ3n) is 2.31. The Kier molecular flexibility index (Phi) is 4.04. The third-order valence-corrected chi connectivity index (χ3v) is 2.80. The normalized spacial score (nSPS) is 10.1. The molecule has 0 radical (unpaired) electrons. The van der Waals surface area contributed by atoms with E-state index in [1.807, 2.05) is 24.3 Å². The van der Waals surface area contributed by atoms with Crippen molar-refractivity contribution in [2.45, 2.75) is 6.92 Å². The molecule has 4 nitrogen and oxygen atoms in total. The number of nitrogens with one attached hydrogen (secondary N) is 1. The molecule has 5 heteroatoms. The van der Waals surface area contributed by atoms with Gasteiger partial charge in [-0.2, -0.15) is 0 Å². The zero-order valence-electron chi connectivity index (χ0n) is 9.85. The Hall–Kier alpha value is -1.75. The van der Waals surface area contributed by atoms with Crippen LogP contribution in [0.15, 0.2) is 41.1 Å². The molecule has 0 bridgehead atoms. The number of anilines is 1. The molecule has 92 valence electrons. The number of hydrogen-bond acceptors (Lipinski definition) is 4. The molecule has 0 saturated heterocycles. The lowest BCUT2D eigenvalue weighted by Crippen LogP contribution is -2.11. The Bertz CT molecular complexity index is 554. The number of halogens is 1. The van der Waals surface area contributed by atoms with E-state index in [1.54, 1.807) is 12.4 Å². The zero-order chi connectivity index (χ0) is 13.0. The van der Waals surface area contributed by atoms with Gasteiger partial charge in [0.25, 0.3) is 0 Å². The Morgan fingerprint density at radius 3 is 2.61 bits per heavy atom. The monoisotopic (exact) mass is 305 g/mol. The van der Waals surface area contributed by atoms with Crippen LogP contribution in [0.3, 0.4) is 0 Å². The predicted molar refractivity (Wildman–Crippen MR) is 74.3 cm³/mol. The van der Waals surface area contributed by atoms with Gasteiger partial charge >= 0.3 is 0 Å². The lowest BCUT2D eigenvalue weighted by atomic mass is 10.1. The summed E-state index contributed by atoms with van der Waals surface area (Å²) in [6.45, 7) is 1.76. The SMILES string of the molecule is CC(=O)CNc1ncc(-c2cccc(Br)c2)cn1. The first-order chi connectivity index (χ1) is 8.65. The van der Waals surface area contributed by atoms with Crippen LogP contribution in [0, 0.1) is 0 Å². The van der Waals surface area contributed by atoms with E-state index in [0.29, 0.717) is 5.95 Å². The second kappa shape index (κ2) is 5.73. The average molecular weight is 306 g/mol. The Morgan fingerprint density at radius 2 is 2.00 bits per heavy atom. The Morgan fingerprint density at radius 1 is 1.28 bits per heavy atom. The van der Waals surface area contributed by atoms with E-state index in [2.05, 4.69) is 31.2 Å². The van der Waals surface area contributed by atoms with Gasteiger partial charge < -0.3 is 5.32 Å².